The lowest BCUT2D eigenvalue weighted by Crippen LogP contribution is -2.11. The van der Waals surface area contributed by atoms with Crippen molar-refractivity contribution >= 4 is 0 Å². The molecule has 90 valence electrons. The number of hydrogen-bond acceptors (Lipinski definition) is 4. The molecule has 1 heterocycles. The van der Waals surface area contributed by atoms with Crippen LogP contribution in [0.4, 0.5) is 0 Å². The van der Waals surface area contributed by atoms with Crippen molar-refractivity contribution < 1.29 is 4.74 Å². The summed E-state index contributed by atoms with van der Waals surface area (Å²) in [6.45, 7) is 3.72. The van der Waals surface area contributed by atoms with Crippen molar-refractivity contribution in [2.75, 3.05) is 13.7 Å². The molecule has 5 heteroatoms. The molecule has 0 saturated carbocycles. The van der Waals surface area contributed by atoms with E-state index in [1.807, 2.05) is 30.5 Å². The number of ether oxygens (including phenoxy) is 1. The maximum Gasteiger partial charge on any atom is 0.121 e. The number of rotatable bonds is 5. The third-order valence-electron chi connectivity index (χ3n) is 2.41. The minimum Gasteiger partial charge on any atom is -0.497 e. The Labute approximate surface area is 100 Å². The average molecular weight is 232 g/mol. The van der Waals surface area contributed by atoms with Crippen LogP contribution >= 0.6 is 0 Å². The van der Waals surface area contributed by atoms with Crippen LogP contribution in [0.2, 0.25) is 0 Å². The van der Waals surface area contributed by atoms with Crippen LogP contribution in [0.25, 0.3) is 5.69 Å². The molecule has 2 aromatic rings. The van der Waals surface area contributed by atoms with E-state index in [9.17, 15) is 0 Å². The van der Waals surface area contributed by atoms with Crippen molar-refractivity contribution in [1.29, 1.82) is 0 Å². The summed E-state index contributed by atoms with van der Waals surface area (Å²) in [7, 11) is 1.65. The minimum absolute atomic E-state index is 0.737. The Hall–Kier alpha value is -1.88. The van der Waals surface area contributed by atoms with Crippen LogP contribution in [0.3, 0.4) is 0 Å². The van der Waals surface area contributed by atoms with Crippen LogP contribution in [0.15, 0.2) is 30.5 Å². The van der Waals surface area contributed by atoms with Gasteiger partial charge in [-0.25, -0.2) is 4.68 Å². The van der Waals surface area contributed by atoms with E-state index in [1.54, 1.807) is 11.8 Å². The molecule has 1 N–H and O–H groups in total. The average Bonchev–Trinajstić information content (AvgIpc) is 2.85. The number of hydrogen-bond donors (Lipinski definition) is 1. The normalized spacial score (nSPS) is 10.5. The van der Waals surface area contributed by atoms with E-state index in [4.69, 9.17) is 4.74 Å². The first kappa shape index (κ1) is 11.6. The van der Waals surface area contributed by atoms with Crippen molar-refractivity contribution in [3.8, 4) is 11.4 Å². The van der Waals surface area contributed by atoms with Gasteiger partial charge in [-0.05, 0) is 18.7 Å². The fourth-order valence-corrected chi connectivity index (χ4v) is 1.51. The van der Waals surface area contributed by atoms with Gasteiger partial charge in [-0.2, -0.15) is 0 Å². The Morgan fingerprint density at radius 3 is 3.06 bits per heavy atom. The molecule has 0 amide bonds. The third-order valence-corrected chi connectivity index (χ3v) is 2.41. The second kappa shape index (κ2) is 5.45. The fourth-order valence-electron chi connectivity index (χ4n) is 1.51. The Kier molecular flexibility index (Phi) is 3.72. The number of nitrogens with zero attached hydrogens (tertiary/aromatic N) is 3. The summed E-state index contributed by atoms with van der Waals surface area (Å²) < 4.78 is 6.92. The SMILES string of the molecule is CCNCc1cn(-c2cccc(OC)c2)nn1. The van der Waals surface area contributed by atoms with Crippen molar-refractivity contribution in [2.45, 2.75) is 13.5 Å². The van der Waals surface area contributed by atoms with Crippen LogP contribution in [-0.4, -0.2) is 28.6 Å². The highest BCUT2D eigenvalue weighted by Gasteiger charge is 2.03. The maximum absolute atomic E-state index is 5.17. The molecule has 0 fully saturated rings. The first-order valence-electron chi connectivity index (χ1n) is 5.60. The number of methoxy groups -OCH3 is 1. The van der Waals surface area contributed by atoms with E-state index in [0.717, 1.165) is 30.2 Å². The smallest absolute Gasteiger partial charge is 0.121 e. The van der Waals surface area contributed by atoms with Gasteiger partial charge >= 0.3 is 0 Å². The summed E-state index contributed by atoms with van der Waals surface area (Å²) in [6.07, 6.45) is 1.91. The van der Waals surface area contributed by atoms with E-state index in [1.165, 1.54) is 0 Å². The van der Waals surface area contributed by atoms with Gasteiger partial charge in [0.05, 0.1) is 24.7 Å². The molecule has 0 atom stereocenters. The molecule has 2 rings (SSSR count). The molecule has 1 aromatic carbocycles. The minimum atomic E-state index is 0.737. The highest BCUT2D eigenvalue weighted by atomic mass is 16.5. The van der Waals surface area contributed by atoms with E-state index >= 15 is 0 Å². The Morgan fingerprint density at radius 1 is 1.41 bits per heavy atom. The Bertz CT molecular complexity index is 481. The van der Waals surface area contributed by atoms with Crippen LogP contribution in [0, 0.1) is 0 Å². The molecule has 0 bridgehead atoms. The molecule has 0 spiro atoms. The predicted octanol–water partition coefficient (Wildman–Crippen LogP) is 1.39. The van der Waals surface area contributed by atoms with Gasteiger partial charge in [-0.15, -0.1) is 5.10 Å². The van der Waals surface area contributed by atoms with Crippen molar-refractivity contribution in [3.63, 3.8) is 0 Å². The quantitative estimate of drug-likeness (QED) is 0.846. The van der Waals surface area contributed by atoms with Gasteiger partial charge < -0.3 is 10.1 Å². The van der Waals surface area contributed by atoms with E-state index in [0.29, 0.717) is 0 Å². The summed E-state index contributed by atoms with van der Waals surface area (Å²) in [5, 5.41) is 11.4. The summed E-state index contributed by atoms with van der Waals surface area (Å²) in [5.41, 5.74) is 1.87. The maximum atomic E-state index is 5.17. The monoisotopic (exact) mass is 232 g/mol. The van der Waals surface area contributed by atoms with E-state index in [2.05, 4.69) is 22.6 Å². The third kappa shape index (κ3) is 2.82. The fraction of sp³-hybridized carbons (Fsp3) is 0.333. The lowest BCUT2D eigenvalue weighted by molar-refractivity contribution is 0.414. The molecule has 0 radical (unpaired) electrons. The van der Waals surface area contributed by atoms with Gasteiger partial charge in [0, 0.05) is 12.6 Å². The van der Waals surface area contributed by atoms with Gasteiger partial charge in [-0.1, -0.05) is 18.2 Å². The van der Waals surface area contributed by atoms with Gasteiger partial charge in [-0.3, -0.25) is 0 Å². The largest absolute Gasteiger partial charge is 0.497 e. The van der Waals surface area contributed by atoms with Gasteiger partial charge in [0.1, 0.15) is 5.75 Å². The van der Waals surface area contributed by atoms with Crippen molar-refractivity contribution in [2.24, 2.45) is 0 Å². The molecule has 0 aliphatic rings. The first-order chi connectivity index (χ1) is 8.33. The lowest BCUT2D eigenvalue weighted by atomic mass is 10.3. The summed E-state index contributed by atoms with van der Waals surface area (Å²) in [5.74, 6) is 0.811. The molecular formula is C12H16N4O. The molecule has 0 saturated heterocycles. The summed E-state index contributed by atoms with van der Waals surface area (Å²) in [6, 6.07) is 7.72. The molecule has 0 unspecified atom stereocenters. The number of nitrogens with one attached hydrogen (secondary N) is 1. The topological polar surface area (TPSA) is 52.0 Å². The zero-order valence-corrected chi connectivity index (χ0v) is 10.1. The summed E-state index contributed by atoms with van der Waals surface area (Å²) in [4.78, 5) is 0. The Balaban J connectivity index is 2.18. The van der Waals surface area contributed by atoms with Gasteiger partial charge in [0.2, 0.25) is 0 Å². The highest BCUT2D eigenvalue weighted by Crippen LogP contribution is 2.15. The van der Waals surface area contributed by atoms with Crippen molar-refractivity contribution in [1.82, 2.24) is 20.3 Å². The van der Waals surface area contributed by atoms with Gasteiger partial charge in [0.25, 0.3) is 0 Å². The molecular weight excluding hydrogens is 216 g/mol. The zero-order valence-electron chi connectivity index (χ0n) is 10.1. The van der Waals surface area contributed by atoms with Gasteiger partial charge in [0.15, 0.2) is 0 Å². The molecule has 17 heavy (non-hydrogen) atoms. The summed E-state index contributed by atoms with van der Waals surface area (Å²) >= 11 is 0. The number of benzene rings is 1. The van der Waals surface area contributed by atoms with Crippen LogP contribution < -0.4 is 10.1 Å². The zero-order chi connectivity index (χ0) is 12.1. The van der Waals surface area contributed by atoms with Crippen LogP contribution in [0.1, 0.15) is 12.6 Å². The predicted molar refractivity (Wildman–Crippen MR) is 65.3 cm³/mol. The Morgan fingerprint density at radius 2 is 2.29 bits per heavy atom. The standard InChI is InChI=1S/C12H16N4O/c1-3-13-8-10-9-16(15-14-10)11-5-4-6-12(7-11)17-2/h4-7,9,13H,3,8H2,1-2H3. The molecule has 0 aliphatic heterocycles. The van der Waals surface area contributed by atoms with Crippen molar-refractivity contribution in [3.05, 3.63) is 36.2 Å². The van der Waals surface area contributed by atoms with Crippen LogP contribution in [-0.2, 0) is 6.54 Å². The molecule has 1 aromatic heterocycles. The van der Waals surface area contributed by atoms with Crippen LogP contribution in [0.5, 0.6) is 5.75 Å². The lowest BCUT2D eigenvalue weighted by Gasteiger charge is -2.03. The van der Waals surface area contributed by atoms with E-state index < -0.39 is 0 Å². The number of aromatic nitrogens is 3. The molecule has 5 nitrogen and oxygen atoms in total. The molecule has 0 aliphatic carbocycles. The first-order valence-corrected chi connectivity index (χ1v) is 5.60. The second-order valence-electron chi connectivity index (χ2n) is 3.64. The second-order valence-corrected chi connectivity index (χ2v) is 3.64. The van der Waals surface area contributed by atoms with E-state index in [-0.39, 0.29) is 0 Å². The highest BCUT2D eigenvalue weighted by molar-refractivity contribution is 5.38.